The third kappa shape index (κ3) is 3.66. The van der Waals surface area contributed by atoms with E-state index >= 15 is 0 Å². The molecule has 1 aromatic carbocycles. The highest BCUT2D eigenvalue weighted by Crippen LogP contribution is 2.15. The molecule has 1 amide bonds. The lowest BCUT2D eigenvalue weighted by molar-refractivity contribution is 0.0953. The topological polar surface area (TPSA) is 92.9 Å². The number of amides is 1. The lowest BCUT2D eigenvalue weighted by Crippen LogP contribution is -2.30. The number of nitrogens with zero attached hydrogens (tertiary/aromatic N) is 2. The number of halogens is 1. The fraction of sp³-hybridized carbons (Fsp3) is 0.154. The van der Waals surface area contributed by atoms with Gasteiger partial charge in [0.15, 0.2) is 0 Å². The van der Waals surface area contributed by atoms with Crippen LogP contribution in [0.2, 0.25) is 5.02 Å². The first kappa shape index (κ1) is 14.2. The Hall–Kier alpha value is -2.18. The van der Waals surface area contributed by atoms with Gasteiger partial charge in [0.25, 0.3) is 5.91 Å². The summed E-state index contributed by atoms with van der Waals surface area (Å²) in [6.45, 7) is 0.645. The van der Waals surface area contributed by atoms with E-state index in [1.165, 1.54) is 12.4 Å². The Bertz CT molecular complexity index is 588. The molecule has 6 nitrogen and oxygen atoms in total. The zero-order valence-electron chi connectivity index (χ0n) is 10.6. The molecular weight excluding hydrogens is 278 g/mol. The van der Waals surface area contributed by atoms with E-state index in [0.717, 1.165) is 17.0 Å². The smallest absolute Gasteiger partial charge is 0.268 e. The van der Waals surface area contributed by atoms with E-state index in [9.17, 15) is 4.79 Å². The summed E-state index contributed by atoms with van der Waals surface area (Å²) in [7, 11) is 0. The number of hydrogen-bond donors (Lipinski definition) is 3. The lowest BCUT2D eigenvalue weighted by Gasteiger charge is -2.06. The quantitative estimate of drug-likeness (QED) is 0.440. The van der Waals surface area contributed by atoms with Crippen LogP contribution in [-0.4, -0.2) is 22.4 Å². The molecular formula is C13H14ClN5O. The fourth-order valence-electron chi connectivity index (χ4n) is 1.63. The van der Waals surface area contributed by atoms with E-state index in [-0.39, 0.29) is 0 Å². The summed E-state index contributed by atoms with van der Waals surface area (Å²) in [5.74, 6) is 5.04. The van der Waals surface area contributed by atoms with Crippen molar-refractivity contribution in [2.75, 3.05) is 11.9 Å². The first-order valence-electron chi connectivity index (χ1n) is 6.01. The second-order valence-corrected chi connectivity index (χ2v) is 4.44. The van der Waals surface area contributed by atoms with Gasteiger partial charge in [0.2, 0.25) is 5.95 Å². The van der Waals surface area contributed by atoms with Gasteiger partial charge in [-0.1, -0.05) is 29.8 Å². The summed E-state index contributed by atoms with van der Waals surface area (Å²) in [6.07, 6.45) is 3.58. The molecule has 0 atom stereocenters. The van der Waals surface area contributed by atoms with Crippen LogP contribution in [0.4, 0.5) is 5.95 Å². The molecule has 4 N–H and O–H groups in total. The van der Waals surface area contributed by atoms with E-state index in [4.69, 9.17) is 17.4 Å². The van der Waals surface area contributed by atoms with Gasteiger partial charge in [0.1, 0.15) is 0 Å². The summed E-state index contributed by atoms with van der Waals surface area (Å²) in [5, 5.41) is 3.80. The fourth-order valence-corrected chi connectivity index (χ4v) is 1.86. The van der Waals surface area contributed by atoms with E-state index in [1.807, 2.05) is 29.7 Å². The first-order valence-corrected chi connectivity index (χ1v) is 6.39. The van der Waals surface area contributed by atoms with Crippen LogP contribution in [0, 0.1) is 0 Å². The van der Waals surface area contributed by atoms with Crippen molar-refractivity contribution < 1.29 is 4.79 Å². The molecule has 0 aliphatic rings. The van der Waals surface area contributed by atoms with Gasteiger partial charge in [-0.25, -0.2) is 15.8 Å². The van der Waals surface area contributed by atoms with Crippen molar-refractivity contribution >= 4 is 23.5 Å². The number of nitrogen functional groups attached to an aromatic ring is 1. The zero-order chi connectivity index (χ0) is 14.4. The summed E-state index contributed by atoms with van der Waals surface area (Å²) in [4.78, 5) is 19.3. The molecule has 2 aromatic rings. The molecule has 104 valence electrons. The van der Waals surface area contributed by atoms with Crippen LogP contribution in [0.25, 0.3) is 0 Å². The average Bonchev–Trinajstić information content (AvgIpc) is 2.49. The van der Waals surface area contributed by atoms with Crippen molar-refractivity contribution in [1.29, 1.82) is 0 Å². The Balaban J connectivity index is 1.88. The molecule has 0 aliphatic carbocycles. The minimum absolute atomic E-state index is 0.309. The number of nitrogens with two attached hydrogens (primary N) is 1. The van der Waals surface area contributed by atoms with Gasteiger partial charge in [-0.2, -0.15) is 0 Å². The highest BCUT2D eigenvalue weighted by molar-refractivity contribution is 6.31. The Kier molecular flexibility index (Phi) is 4.86. The van der Waals surface area contributed by atoms with Crippen LogP contribution >= 0.6 is 11.6 Å². The van der Waals surface area contributed by atoms with Gasteiger partial charge in [-0.05, 0) is 18.1 Å². The number of hydrogen-bond acceptors (Lipinski definition) is 5. The van der Waals surface area contributed by atoms with Crippen molar-refractivity contribution in [2.45, 2.75) is 6.42 Å². The van der Waals surface area contributed by atoms with Gasteiger partial charge in [0, 0.05) is 24.0 Å². The van der Waals surface area contributed by atoms with Gasteiger partial charge in [0.05, 0.1) is 5.56 Å². The molecule has 0 spiro atoms. The molecule has 1 heterocycles. The minimum atomic E-state index is -0.424. The molecule has 7 heteroatoms. The van der Waals surface area contributed by atoms with E-state index in [0.29, 0.717) is 18.1 Å². The summed E-state index contributed by atoms with van der Waals surface area (Å²) in [5.41, 5.74) is 3.38. The monoisotopic (exact) mass is 291 g/mol. The highest BCUT2D eigenvalue weighted by Gasteiger charge is 2.05. The standard InChI is InChI=1S/C13H14ClN5O/c14-11-4-2-1-3-9(11)5-6-16-13-17-7-10(8-18-13)12(20)19-15/h1-4,7-8H,5-6,15H2,(H,19,20)(H,16,17,18). The van der Waals surface area contributed by atoms with Crippen LogP contribution in [0.3, 0.4) is 0 Å². The van der Waals surface area contributed by atoms with Crippen LogP contribution < -0.4 is 16.6 Å². The number of benzene rings is 1. The van der Waals surface area contributed by atoms with Crippen LogP contribution in [-0.2, 0) is 6.42 Å². The van der Waals surface area contributed by atoms with Crippen molar-refractivity contribution in [3.8, 4) is 0 Å². The Morgan fingerprint density at radius 1 is 1.25 bits per heavy atom. The predicted molar refractivity (Wildman–Crippen MR) is 77.3 cm³/mol. The summed E-state index contributed by atoms with van der Waals surface area (Å²) in [6, 6.07) is 7.66. The Labute approximate surface area is 121 Å². The van der Waals surface area contributed by atoms with Crippen molar-refractivity contribution in [2.24, 2.45) is 5.84 Å². The zero-order valence-corrected chi connectivity index (χ0v) is 11.4. The lowest BCUT2D eigenvalue weighted by atomic mass is 10.1. The number of carbonyl (C=O) groups is 1. The average molecular weight is 292 g/mol. The largest absolute Gasteiger partial charge is 0.354 e. The SMILES string of the molecule is NNC(=O)c1cnc(NCCc2ccccc2Cl)nc1. The van der Waals surface area contributed by atoms with Crippen LogP contribution in [0.15, 0.2) is 36.7 Å². The van der Waals surface area contributed by atoms with Crippen molar-refractivity contribution in [3.05, 3.63) is 52.8 Å². The summed E-state index contributed by atoms with van der Waals surface area (Å²) < 4.78 is 0. The molecule has 0 unspecified atom stereocenters. The van der Waals surface area contributed by atoms with Crippen molar-refractivity contribution in [1.82, 2.24) is 15.4 Å². The molecule has 1 aromatic heterocycles. The normalized spacial score (nSPS) is 10.1. The molecule has 0 bridgehead atoms. The molecule has 0 aliphatic heterocycles. The second kappa shape index (κ2) is 6.83. The van der Waals surface area contributed by atoms with E-state index in [1.54, 1.807) is 0 Å². The number of hydrazine groups is 1. The second-order valence-electron chi connectivity index (χ2n) is 4.04. The molecule has 0 fully saturated rings. The molecule has 2 rings (SSSR count). The Morgan fingerprint density at radius 3 is 2.60 bits per heavy atom. The first-order chi connectivity index (χ1) is 9.70. The van der Waals surface area contributed by atoms with Gasteiger partial charge in [-0.3, -0.25) is 10.2 Å². The van der Waals surface area contributed by atoms with Crippen LogP contribution in [0.5, 0.6) is 0 Å². The minimum Gasteiger partial charge on any atom is -0.354 e. The maximum Gasteiger partial charge on any atom is 0.268 e. The third-order valence-corrected chi connectivity index (χ3v) is 3.05. The number of anilines is 1. The van der Waals surface area contributed by atoms with E-state index in [2.05, 4.69) is 15.3 Å². The van der Waals surface area contributed by atoms with E-state index < -0.39 is 5.91 Å². The van der Waals surface area contributed by atoms with Gasteiger partial charge in [-0.15, -0.1) is 0 Å². The molecule has 0 radical (unpaired) electrons. The Morgan fingerprint density at radius 2 is 1.95 bits per heavy atom. The number of rotatable bonds is 5. The van der Waals surface area contributed by atoms with Gasteiger partial charge < -0.3 is 5.32 Å². The maximum atomic E-state index is 11.2. The highest BCUT2D eigenvalue weighted by atomic mass is 35.5. The molecule has 20 heavy (non-hydrogen) atoms. The van der Waals surface area contributed by atoms with Gasteiger partial charge >= 0.3 is 0 Å². The number of aromatic nitrogens is 2. The van der Waals surface area contributed by atoms with Crippen molar-refractivity contribution in [3.63, 3.8) is 0 Å². The molecule has 0 saturated carbocycles. The third-order valence-electron chi connectivity index (χ3n) is 2.68. The number of nitrogens with one attached hydrogen (secondary N) is 2. The predicted octanol–water partition coefficient (Wildman–Crippen LogP) is 1.39. The number of carbonyl (C=O) groups excluding carboxylic acids is 1. The maximum absolute atomic E-state index is 11.2. The molecule has 0 saturated heterocycles. The summed E-state index contributed by atoms with van der Waals surface area (Å²) >= 11 is 6.06. The van der Waals surface area contributed by atoms with Crippen LogP contribution in [0.1, 0.15) is 15.9 Å².